The van der Waals surface area contributed by atoms with Gasteiger partial charge in [0, 0.05) is 12.3 Å². The van der Waals surface area contributed by atoms with Crippen molar-refractivity contribution >= 4 is 9.84 Å². The maximum absolute atomic E-state index is 11.6. The van der Waals surface area contributed by atoms with E-state index in [9.17, 15) is 8.42 Å². The Kier molecular flexibility index (Phi) is 4.78. The zero-order valence-electron chi connectivity index (χ0n) is 11.6. The Labute approximate surface area is 124 Å². The number of nitrogens with one attached hydrogen (secondary N) is 1. The second-order valence-electron chi connectivity index (χ2n) is 4.81. The van der Waals surface area contributed by atoms with Crippen molar-refractivity contribution in [1.29, 1.82) is 5.26 Å². The molecule has 6 heteroatoms. The second kappa shape index (κ2) is 6.57. The van der Waals surface area contributed by atoms with Crippen molar-refractivity contribution in [3.8, 4) is 6.07 Å². The van der Waals surface area contributed by atoms with Crippen LogP contribution in [0.5, 0.6) is 0 Å². The van der Waals surface area contributed by atoms with E-state index in [-0.39, 0.29) is 17.6 Å². The molecule has 1 heterocycles. The molecule has 0 aliphatic carbocycles. The van der Waals surface area contributed by atoms with Crippen molar-refractivity contribution in [2.75, 3.05) is 12.0 Å². The molecule has 0 aliphatic rings. The molecule has 1 unspecified atom stereocenters. The van der Waals surface area contributed by atoms with Gasteiger partial charge in [0.2, 0.25) is 5.76 Å². The molecule has 2 rings (SSSR count). The Morgan fingerprint density at radius 1 is 1.24 bits per heavy atom. The van der Waals surface area contributed by atoms with Crippen LogP contribution in [-0.4, -0.2) is 20.4 Å². The van der Waals surface area contributed by atoms with E-state index in [0.29, 0.717) is 12.3 Å². The van der Waals surface area contributed by atoms with Crippen LogP contribution in [0, 0.1) is 11.3 Å². The van der Waals surface area contributed by atoms with E-state index in [1.807, 2.05) is 36.4 Å². The Bertz CT molecular complexity index is 730. The maximum atomic E-state index is 11.6. The van der Waals surface area contributed by atoms with E-state index in [4.69, 9.17) is 9.68 Å². The first-order chi connectivity index (χ1) is 9.98. The quantitative estimate of drug-likeness (QED) is 0.883. The van der Waals surface area contributed by atoms with Crippen molar-refractivity contribution in [2.45, 2.75) is 12.6 Å². The van der Waals surface area contributed by atoms with Crippen molar-refractivity contribution in [3.63, 3.8) is 0 Å². The van der Waals surface area contributed by atoms with Crippen LogP contribution in [0.15, 0.2) is 46.9 Å². The Hall–Kier alpha value is -2.10. The summed E-state index contributed by atoms with van der Waals surface area (Å²) in [4.78, 5) is 0. The minimum absolute atomic E-state index is 0.00281. The van der Waals surface area contributed by atoms with Crippen LogP contribution in [0.2, 0.25) is 0 Å². The molecule has 1 aromatic carbocycles. The molecule has 0 amide bonds. The highest BCUT2D eigenvalue weighted by Crippen LogP contribution is 2.16. The van der Waals surface area contributed by atoms with Crippen LogP contribution in [0.1, 0.15) is 23.1 Å². The third-order valence-electron chi connectivity index (χ3n) is 2.97. The minimum atomic E-state index is -3.12. The first kappa shape index (κ1) is 15.3. The van der Waals surface area contributed by atoms with Gasteiger partial charge in [-0.2, -0.15) is 5.26 Å². The number of sulfone groups is 1. The molecule has 0 radical (unpaired) electrons. The van der Waals surface area contributed by atoms with Gasteiger partial charge < -0.3 is 9.73 Å². The van der Waals surface area contributed by atoms with E-state index in [2.05, 4.69) is 5.32 Å². The normalized spacial score (nSPS) is 12.8. The molecule has 2 aromatic rings. The predicted octanol–water partition coefficient (Wildman–Crippen LogP) is 2.03. The number of benzene rings is 1. The number of nitriles is 1. The first-order valence-electron chi connectivity index (χ1n) is 6.43. The third kappa shape index (κ3) is 4.74. The molecule has 0 bridgehead atoms. The lowest BCUT2D eigenvalue weighted by Crippen LogP contribution is -2.27. The number of rotatable bonds is 6. The fourth-order valence-electron chi connectivity index (χ4n) is 2.02. The summed E-state index contributed by atoms with van der Waals surface area (Å²) >= 11 is 0. The summed E-state index contributed by atoms with van der Waals surface area (Å²) in [6, 6.07) is 14.3. The van der Waals surface area contributed by atoms with Gasteiger partial charge in [-0.1, -0.05) is 30.3 Å². The molecule has 1 atom stereocenters. The Morgan fingerprint density at radius 2 is 1.95 bits per heavy atom. The molecule has 0 fully saturated rings. The largest absolute Gasteiger partial charge is 0.449 e. The summed E-state index contributed by atoms with van der Waals surface area (Å²) in [7, 11) is -3.12. The van der Waals surface area contributed by atoms with E-state index >= 15 is 0 Å². The van der Waals surface area contributed by atoms with Gasteiger partial charge in [0.05, 0.1) is 12.3 Å². The summed E-state index contributed by atoms with van der Waals surface area (Å²) in [6.07, 6.45) is 1.21. The van der Waals surface area contributed by atoms with Crippen LogP contribution < -0.4 is 5.32 Å². The fraction of sp³-hybridized carbons (Fsp3) is 0.267. The maximum Gasteiger partial charge on any atom is 0.203 e. The number of hydrogen-bond acceptors (Lipinski definition) is 5. The molecule has 1 aromatic heterocycles. The molecule has 21 heavy (non-hydrogen) atoms. The smallest absolute Gasteiger partial charge is 0.203 e. The van der Waals surface area contributed by atoms with Gasteiger partial charge in [-0.15, -0.1) is 0 Å². The van der Waals surface area contributed by atoms with Crippen molar-refractivity contribution in [2.24, 2.45) is 0 Å². The molecule has 0 aliphatic heterocycles. The van der Waals surface area contributed by atoms with E-state index in [1.54, 1.807) is 12.1 Å². The van der Waals surface area contributed by atoms with Gasteiger partial charge in [0.15, 0.2) is 0 Å². The Balaban J connectivity index is 2.11. The molecule has 0 saturated carbocycles. The lowest BCUT2D eigenvalue weighted by Gasteiger charge is -2.17. The van der Waals surface area contributed by atoms with Crippen LogP contribution in [0.25, 0.3) is 0 Å². The van der Waals surface area contributed by atoms with Gasteiger partial charge in [0.25, 0.3) is 0 Å². The first-order valence-corrected chi connectivity index (χ1v) is 8.49. The van der Waals surface area contributed by atoms with Gasteiger partial charge in [-0.25, -0.2) is 8.42 Å². The van der Waals surface area contributed by atoms with Crippen LogP contribution in [0.3, 0.4) is 0 Å². The standard InChI is InChI=1S/C15H16N2O3S/c1-21(18,19)11-15(12-5-3-2-4-6-12)17-10-14-8-7-13(9-16)20-14/h2-8,15,17H,10-11H2,1H3. The average Bonchev–Trinajstić information content (AvgIpc) is 2.91. The number of nitrogens with zero attached hydrogens (tertiary/aromatic N) is 1. The molecule has 110 valence electrons. The predicted molar refractivity (Wildman–Crippen MR) is 79.2 cm³/mol. The highest BCUT2D eigenvalue weighted by Gasteiger charge is 2.17. The van der Waals surface area contributed by atoms with E-state index < -0.39 is 9.84 Å². The summed E-state index contributed by atoms with van der Waals surface area (Å²) in [5.74, 6) is 0.843. The molecule has 0 spiro atoms. The van der Waals surface area contributed by atoms with Crippen LogP contribution in [-0.2, 0) is 16.4 Å². The molecule has 5 nitrogen and oxygen atoms in total. The third-order valence-corrected chi connectivity index (χ3v) is 3.90. The minimum Gasteiger partial charge on any atom is -0.449 e. The SMILES string of the molecule is CS(=O)(=O)CC(NCc1ccc(C#N)o1)c1ccccc1. The zero-order valence-corrected chi connectivity index (χ0v) is 12.4. The lowest BCUT2D eigenvalue weighted by atomic mass is 10.1. The summed E-state index contributed by atoms with van der Waals surface area (Å²) < 4.78 is 28.4. The molecule has 1 N–H and O–H groups in total. The monoisotopic (exact) mass is 304 g/mol. The highest BCUT2D eigenvalue weighted by atomic mass is 32.2. The van der Waals surface area contributed by atoms with Crippen molar-refractivity contribution in [3.05, 3.63) is 59.5 Å². The topological polar surface area (TPSA) is 83.1 Å². The second-order valence-corrected chi connectivity index (χ2v) is 7.00. The molecule has 0 saturated heterocycles. The van der Waals surface area contributed by atoms with Crippen LogP contribution >= 0.6 is 0 Å². The van der Waals surface area contributed by atoms with Crippen LogP contribution in [0.4, 0.5) is 0 Å². The average molecular weight is 304 g/mol. The summed E-state index contributed by atoms with van der Waals surface area (Å²) in [6.45, 7) is 0.358. The van der Waals surface area contributed by atoms with Gasteiger partial charge in [0.1, 0.15) is 21.7 Å². The number of furan rings is 1. The fourth-order valence-corrected chi connectivity index (χ4v) is 2.93. The summed E-state index contributed by atoms with van der Waals surface area (Å²) in [5, 5.41) is 11.9. The highest BCUT2D eigenvalue weighted by molar-refractivity contribution is 7.90. The molecular weight excluding hydrogens is 288 g/mol. The Morgan fingerprint density at radius 3 is 2.52 bits per heavy atom. The number of hydrogen-bond donors (Lipinski definition) is 1. The van der Waals surface area contributed by atoms with E-state index in [0.717, 1.165) is 5.56 Å². The molecular formula is C15H16N2O3S. The van der Waals surface area contributed by atoms with Gasteiger partial charge in [-0.05, 0) is 17.7 Å². The zero-order chi connectivity index (χ0) is 15.3. The van der Waals surface area contributed by atoms with Gasteiger partial charge >= 0.3 is 0 Å². The summed E-state index contributed by atoms with van der Waals surface area (Å²) in [5.41, 5.74) is 0.898. The lowest BCUT2D eigenvalue weighted by molar-refractivity contribution is 0.452. The van der Waals surface area contributed by atoms with E-state index in [1.165, 1.54) is 6.26 Å². The van der Waals surface area contributed by atoms with Crippen molar-refractivity contribution in [1.82, 2.24) is 5.32 Å². The van der Waals surface area contributed by atoms with Gasteiger partial charge in [-0.3, -0.25) is 0 Å². The van der Waals surface area contributed by atoms with Crippen molar-refractivity contribution < 1.29 is 12.8 Å².